The molecule has 0 radical (unpaired) electrons. The number of ether oxygens (including phenoxy) is 2. The molecule has 2 saturated carbocycles. The molecule has 3 fully saturated rings. The molecular formula is C33H30N4O3. The summed E-state index contributed by atoms with van der Waals surface area (Å²) in [5, 5.41) is 0. The molecule has 7 nitrogen and oxygen atoms in total. The van der Waals surface area contributed by atoms with Gasteiger partial charge < -0.3 is 14.0 Å². The van der Waals surface area contributed by atoms with Crippen molar-refractivity contribution in [3.05, 3.63) is 89.6 Å². The van der Waals surface area contributed by atoms with E-state index in [0.29, 0.717) is 22.7 Å². The van der Waals surface area contributed by atoms with Gasteiger partial charge in [-0.3, -0.25) is 4.79 Å². The summed E-state index contributed by atoms with van der Waals surface area (Å²) < 4.78 is 14.8. The molecule has 2 aromatic heterocycles. The minimum Gasteiger partial charge on any atom is -0.343 e. The van der Waals surface area contributed by atoms with Crippen LogP contribution in [0.1, 0.15) is 62.8 Å². The first-order chi connectivity index (χ1) is 19.3. The minimum absolute atomic E-state index is 0.104. The van der Waals surface area contributed by atoms with Gasteiger partial charge in [0, 0.05) is 5.56 Å². The first-order valence-corrected chi connectivity index (χ1v) is 13.7. The van der Waals surface area contributed by atoms with E-state index in [1.54, 1.807) is 6.92 Å². The van der Waals surface area contributed by atoms with Crippen molar-refractivity contribution < 1.29 is 14.3 Å². The molecule has 1 aliphatic heterocycles. The van der Waals surface area contributed by atoms with Crippen molar-refractivity contribution in [2.75, 3.05) is 0 Å². The maximum absolute atomic E-state index is 12.9. The van der Waals surface area contributed by atoms with Crippen LogP contribution in [0.3, 0.4) is 0 Å². The Labute approximate surface area is 233 Å². The van der Waals surface area contributed by atoms with Crippen molar-refractivity contribution >= 4 is 28.6 Å². The topological polar surface area (TPSA) is 79.1 Å². The van der Waals surface area contributed by atoms with Crippen molar-refractivity contribution in [1.29, 1.82) is 0 Å². The molecule has 7 rings (SSSR count). The summed E-state index contributed by atoms with van der Waals surface area (Å²) in [4.78, 5) is 27.5. The molecule has 7 heteroatoms. The zero-order valence-electron chi connectivity index (χ0n) is 23.0. The lowest BCUT2D eigenvalue weighted by Gasteiger charge is -2.24. The Hall–Kier alpha value is -4.12. The molecule has 4 aromatic rings. The van der Waals surface area contributed by atoms with Gasteiger partial charge in [0.15, 0.2) is 11.4 Å². The second kappa shape index (κ2) is 8.95. The summed E-state index contributed by atoms with van der Waals surface area (Å²) >= 11 is 0. The van der Waals surface area contributed by atoms with Gasteiger partial charge in [-0.25, -0.2) is 15.0 Å². The van der Waals surface area contributed by atoms with Crippen LogP contribution in [0, 0.1) is 23.2 Å². The molecule has 0 N–H and O–H groups in total. The largest absolute Gasteiger partial charge is 0.343 e. The van der Waals surface area contributed by atoms with E-state index in [2.05, 4.69) is 35.5 Å². The van der Waals surface area contributed by atoms with Crippen molar-refractivity contribution in [3.63, 3.8) is 0 Å². The summed E-state index contributed by atoms with van der Waals surface area (Å²) in [5.74, 6) is 6.27. The predicted octanol–water partition coefficient (Wildman–Crippen LogP) is 5.46. The number of Topliss-reactive ketones (excluding diaryl/α,β-unsaturated/α-hetero) is 1. The molecule has 0 amide bonds. The van der Waals surface area contributed by atoms with Gasteiger partial charge in [0.05, 0.1) is 23.5 Å². The standard InChI is InChI=1S/C33H30N4O3/c1-20(23-13-9-6-10-14-23)17-25-27-31(36-26(35-25)16-15-22-11-7-5-8-12-22)37(19-34-27)28-24-18-33(24,21(2)38)30-29(28)39-32(3,4)40-30/h5-14,17,19,24,28-30H,18H2,1-4H3/b20-17+/t24?,28-,29+,30?,33+/m1/s1. The van der Waals surface area contributed by atoms with E-state index < -0.39 is 11.2 Å². The van der Waals surface area contributed by atoms with Gasteiger partial charge in [-0.2, -0.15) is 0 Å². The van der Waals surface area contributed by atoms with Crippen molar-refractivity contribution in [1.82, 2.24) is 19.5 Å². The second-order valence-electron chi connectivity index (χ2n) is 11.5. The molecule has 2 unspecified atom stereocenters. The maximum Gasteiger partial charge on any atom is 0.207 e. The Morgan fingerprint density at radius 2 is 1.73 bits per heavy atom. The van der Waals surface area contributed by atoms with Gasteiger partial charge in [-0.15, -0.1) is 0 Å². The van der Waals surface area contributed by atoms with Gasteiger partial charge in [-0.1, -0.05) is 54.5 Å². The normalized spacial score (nSPS) is 28.1. The van der Waals surface area contributed by atoms with Crippen molar-refractivity contribution in [2.45, 2.75) is 58.2 Å². The summed E-state index contributed by atoms with van der Waals surface area (Å²) in [6.07, 6.45) is 4.07. The number of aromatic nitrogens is 4. The fourth-order valence-corrected chi connectivity index (χ4v) is 6.63. The predicted molar refractivity (Wildman–Crippen MR) is 152 cm³/mol. The van der Waals surface area contributed by atoms with Gasteiger partial charge >= 0.3 is 0 Å². The third-order valence-corrected chi connectivity index (χ3v) is 8.54. The van der Waals surface area contributed by atoms with Crippen LogP contribution in [0.25, 0.3) is 22.8 Å². The molecule has 2 aliphatic carbocycles. The summed E-state index contributed by atoms with van der Waals surface area (Å²) in [6, 6.07) is 19.9. The Morgan fingerprint density at radius 3 is 2.45 bits per heavy atom. The smallest absolute Gasteiger partial charge is 0.207 e. The van der Waals surface area contributed by atoms with Crippen molar-refractivity contribution in [2.24, 2.45) is 11.3 Å². The number of benzene rings is 2. The second-order valence-corrected chi connectivity index (χ2v) is 11.5. The van der Waals surface area contributed by atoms with E-state index in [-0.39, 0.29) is 30.0 Å². The monoisotopic (exact) mass is 530 g/mol. The fourth-order valence-electron chi connectivity index (χ4n) is 6.63. The zero-order valence-corrected chi connectivity index (χ0v) is 23.0. The van der Waals surface area contributed by atoms with Crippen LogP contribution in [-0.4, -0.2) is 43.3 Å². The van der Waals surface area contributed by atoms with E-state index in [9.17, 15) is 4.79 Å². The Kier molecular flexibility index (Phi) is 5.57. The van der Waals surface area contributed by atoms with Crippen LogP contribution >= 0.6 is 0 Å². The molecule has 3 heterocycles. The van der Waals surface area contributed by atoms with Crippen LogP contribution in [0.2, 0.25) is 0 Å². The average molecular weight is 531 g/mol. The lowest BCUT2D eigenvalue weighted by Crippen LogP contribution is -2.34. The molecule has 200 valence electrons. The average Bonchev–Trinajstić information content (AvgIpc) is 3.28. The third kappa shape index (κ3) is 3.90. The fraction of sp³-hybridized carbons (Fsp3) is 0.333. The van der Waals surface area contributed by atoms with Gasteiger partial charge in [0.25, 0.3) is 0 Å². The van der Waals surface area contributed by atoms with Crippen LogP contribution in [-0.2, 0) is 14.3 Å². The molecule has 5 atom stereocenters. The number of nitrogens with zero attached hydrogens (tertiary/aromatic N) is 4. The molecular weight excluding hydrogens is 500 g/mol. The SMILES string of the molecule is CC(=O)[C@@]12CC1[C@@H](n1cnc3c(/C=C(\C)c4ccccc4)nc(C#Cc4ccccc4)nc31)[C@@H]1OC(C)(C)OC12. The lowest BCUT2D eigenvalue weighted by atomic mass is 9.95. The van der Waals surface area contributed by atoms with Crippen molar-refractivity contribution in [3.8, 4) is 11.8 Å². The van der Waals surface area contributed by atoms with E-state index in [4.69, 9.17) is 24.4 Å². The molecule has 0 spiro atoms. The molecule has 2 aromatic carbocycles. The number of hydrogen-bond donors (Lipinski definition) is 0. The van der Waals surface area contributed by atoms with Gasteiger partial charge in [-0.05, 0) is 75.3 Å². The molecule has 40 heavy (non-hydrogen) atoms. The minimum atomic E-state index is -0.762. The first-order valence-electron chi connectivity index (χ1n) is 13.7. The maximum atomic E-state index is 12.9. The van der Waals surface area contributed by atoms with E-state index in [1.807, 2.05) is 74.8 Å². The van der Waals surface area contributed by atoms with Crippen LogP contribution in [0.4, 0.5) is 0 Å². The van der Waals surface area contributed by atoms with Crippen LogP contribution in [0.15, 0.2) is 67.0 Å². The van der Waals surface area contributed by atoms with E-state index >= 15 is 0 Å². The van der Waals surface area contributed by atoms with Crippen LogP contribution in [0.5, 0.6) is 0 Å². The number of hydrogen-bond acceptors (Lipinski definition) is 6. The van der Waals surface area contributed by atoms with Gasteiger partial charge in [0.1, 0.15) is 23.5 Å². The number of carbonyl (C=O) groups is 1. The number of allylic oxidation sites excluding steroid dienone is 1. The highest BCUT2D eigenvalue weighted by molar-refractivity contribution is 5.90. The number of rotatable bonds is 4. The summed E-state index contributed by atoms with van der Waals surface area (Å²) in [7, 11) is 0. The highest BCUT2D eigenvalue weighted by Crippen LogP contribution is 2.71. The summed E-state index contributed by atoms with van der Waals surface area (Å²) in [6.45, 7) is 7.56. The first kappa shape index (κ1) is 24.9. The Bertz CT molecular complexity index is 1730. The van der Waals surface area contributed by atoms with Crippen LogP contribution < -0.4 is 0 Å². The third-order valence-electron chi connectivity index (χ3n) is 8.54. The highest BCUT2D eigenvalue weighted by atomic mass is 16.8. The number of carbonyl (C=O) groups excluding carboxylic acids is 1. The lowest BCUT2D eigenvalue weighted by molar-refractivity contribution is -0.163. The van der Waals surface area contributed by atoms with Gasteiger partial charge in [0.2, 0.25) is 5.82 Å². The van der Waals surface area contributed by atoms with E-state index in [0.717, 1.165) is 23.1 Å². The Balaban J connectivity index is 1.38. The highest BCUT2D eigenvalue weighted by Gasteiger charge is 2.78. The zero-order chi connectivity index (χ0) is 27.6. The Morgan fingerprint density at radius 1 is 1.00 bits per heavy atom. The number of imidazole rings is 1. The summed E-state index contributed by atoms with van der Waals surface area (Å²) in [5.41, 5.74) is 4.61. The molecule has 3 aliphatic rings. The van der Waals surface area contributed by atoms with E-state index in [1.165, 1.54) is 0 Å². The number of ketones is 1. The molecule has 0 bridgehead atoms. The molecule has 1 saturated heterocycles. The quantitative estimate of drug-likeness (QED) is 0.326. The number of fused-ring (bicyclic) bond motifs is 4.